The van der Waals surface area contributed by atoms with Gasteiger partial charge in [-0.05, 0) is 75.1 Å². The number of aryl methyl sites for hydroxylation is 1. The topological polar surface area (TPSA) is 99.8 Å². The second kappa shape index (κ2) is 12.7. The van der Waals surface area contributed by atoms with Gasteiger partial charge < -0.3 is 29.6 Å². The van der Waals surface area contributed by atoms with Crippen LogP contribution in [0.2, 0.25) is 0 Å². The molecule has 0 bridgehead atoms. The molecule has 0 spiro atoms. The number of nitrogens with one attached hydrogen (secondary N) is 2. The zero-order valence-corrected chi connectivity index (χ0v) is 23.7. The molecule has 0 atom stereocenters. The van der Waals surface area contributed by atoms with Crippen molar-refractivity contribution in [1.82, 2.24) is 15.3 Å². The van der Waals surface area contributed by atoms with E-state index in [-0.39, 0.29) is 18.0 Å². The summed E-state index contributed by atoms with van der Waals surface area (Å²) in [6.07, 6.45) is 3.79. The second-order valence-electron chi connectivity index (χ2n) is 10.5. The summed E-state index contributed by atoms with van der Waals surface area (Å²) in [7, 11) is 0. The van der Waals surface area contributed by atoms with E-state index in [9.17, 15) is 9.59 Å². The van der Waals surface area contributed by atoms with Gasteiger partial charge in [-0.15, -0.1) is 0 Å². The van der Waals surface area contributed by atoms with Crippen LogP contribution in [0.25, 0.3) is 11.1 Å². The lowest BCUT2D eigenvalue weighted by Crippen LogP contribution is -2.40. The molecular weight excluding hydrogens is 506 g/mol. The van der Waals surface area contributed by atoms with E-state index < -0.39 is 0 Å². The summed E-state index contributed by atoms with van der Waals surface area (Å²) < 4.78 is 11.1. The van der Waals surface area contributed by atoms with Crippen LogP contribution < -0.4 is 20.7 Å². The van der Waals surface area contributed by atoms with Gasteiger partial charge in [-0.3, -0.25) is 9.59 Å². The number of amides is 1. The van der Waals surface area contributed by atoms with E-state index in [4.69, 9.17) is 14.5 Å². The van der Waals surface area contributed by atoms with Crippen LogP contribution in [0, 0.1) is 13.8 Å². The summed E-state index contributed by atoms with van der Waals surface area (Å²) in [5.74, 6) is 0.722. The van der Waals surface area contributed by atoms with E-state index in [2.05, 4.69) is 39.2 Å². The number of aromatic nitrogens is 2. The molecule has 3 aromatic rings. The molecule has 0 saturated carbocycles. The van der Waals surface area contributed by atoms with Crippen molar-refractivity contribution in [1.29, 1.82) is 0 Å². The maximum atomic E-state index is 13.6. The molecule has 2 aliphatic heterocycles. The minimum absolute atomic E-state index is 0.153. The Labute approximate surface area is 235 Å². The Kier molecular flexibility index (Phi) is 8.81. The number of anilines is 2. The van der Waals surface area contributed by atoms with Gasteiger partial charge in [0.1, 0.15) is 5.82 Å². The van der Waals surface area contributed by atoms with E-state index in [1.165, 1.54) is 0 Å². The molecule has 2 fully saturated rings. The lowest BCUT2D eigenvalue weighted by molar-refractivity contribution is 0.0846. The molecule has 4 heterocycles. The smallest absolute Gasteiger partial charge is 0.253 e. The molecule has 1 aromatic carbocycles. The van der Waals surface area contributed by atoms with Crippen LogP contribution in [-0.2, 0) is 16.0 Å². The molecule has 40 heavy (non-hydrogen) atoms. The van der Waals surface area contributed by atoms with Crippen LogP contribution in [0.5, 0.6) is 0 Å². The third kappa shape index (κ3) is 6.21. The predicted octanol–water partition coefficient (Wildman–Crippen LogP) is 3.83. The van der Waals surface area contributed by atoms with E-state index >= 15 is 0 Å². The largest absolute Gasteiger partial charge is 0.381 e. The third-order valence-electron chi connectivity index (χ3n) is 7.90. The van der Waals surface area contributed by atoms with Crippen LogP contribution in [0.1, 0.15) is 46.9 Å². The van der Waals surface area contributed by atoms with Gasteiger partial charge in [-0.25, -0.2) is 4.98 Å². The van der Waals surface area contributed by atoms with Gasteiger partial charge in [0.2, 0.25) is 0 Å². The fraction of sp³-hybridized carbons (Fsp3) is 0.452. The fourth-order valence-electron chi connectivity index (χ4n) is 5.57. The Bertz CT molecular complexity index is 1380. The second-order valence-corrected chi connectivity index (χ2v) is 10.5. The zero-order valence-electron chi connectivity index (χ0n) is 23.7. The van der Waals surface area contributed by atoms with Crippen LogP contribution in [0.15, 0.2) is 47.4 Å². The normalized spacial score (nSPS) is 16.1. The summed E-state index contributed by atoms with van der Waals surface area (Å²) in [6, 6.07) is 12.2. The first-order valence-corrected chi connectivity index (χ1v) is 14.2. The van der Waals surface area contributed by atoms with Gasteiger partial charge in [0.15, 0.2) is 0 Å². The maximum Gasteiger partial charge on any atom is 0.253 e. The number of benzene rings is 1. The van der Waals surface area contributed by atoms with Crippen molar-refractivity contribution < 1.29 is 14.3 Å². The molecule has 2 saturated heterocycles. The van der Waals surface area contributed by atoms with Gasteiger partial charge in [-0.2, -0.15) is 0 Å². The number of hydrogen-bond donors (Lipinski definition) is 2. The molecule has 5 rings (SSSR count). The molecule has 0 radical (unpaired) electrons. The van der Waals surface area contributed by atoms with E-state index in [1.54, 1.807) is 6.07 Å². The fourth-order valence-corrected chi connectivity index (χ4v) is 5.57. The van der Waals surface area contributed by atoms with Gasteiger partial charge in [0.05, 0.1) is 13.2 Å². The maximum absolute atomic E-state index is 13.6. The van der Waals surface area contributed by atoms with E-state index in [1.807, 2.05) is 38.2 Å². The van der Waals surface area contributed by atoms with Crippen molar-refractivity contribution in [3.8, 4) is 11.1 Å². The predicted molar refractivity (Wildman–Crippen MR) is 157 cm³/mol. The molecule has 2 N–H and O–H groups in total. The van der Waals surface area contributed by atoms with Crippen LogP contribution >= 0.6 is 0 Å². The number of morpholine rings is 1. The number of aromatic amines is 1. The van der Waals surface area contributed by atoms with Gasteiger partial charge in [0, 0.05) is 79.7 Å². The highest BCUT2D eigenvalue weighted by molar-refractivity contribution is 5.99. The molecule has 1 amide bonds. The number of carbonyl (C=O) groups excluding carboxylic acids is 1. The van der Waals surface area contributed by atoms with Crippen LogP contribution in [-0.4, -0.2) is 68.0 Å². The molecule has 2 aliphatic rings. The molecule has 9 nitrogen and oxygen atoms in total. The van der Waals surface area contributed by atoms with Crippen molar-refractivity contribution in [2.75, 3.05) is 55.9 Å². The Balaban J connectivity index is 1.48. The number of pyridine rings is 2. The summed E-state index contributed by atoms with van der Waals surface area (Å²) in [4.78, 5) is 38.1. The number of H-pyrrole nitrogens is 1. The highest BCUT2D eigenvalue weighted by Gasteiger charge is 2.25. The lowest BCUT2D eigenvalue weighted by Gasteiger charge is -2.37. The first-order chi connectivity index (χ1) is 19.4. The quantitative estimate of drug-likeness (QED) is 0.444. The van der Waals surface area contributed by atoms with E-state index in [0.29, 0.717) is 30.4 Å². The van der Waals surface area contributed by atoms with Crippen LogP contribution in [0.4, 0.5) is 11.5 Å². The van der Waals surface area contributed by atoms with E-state index in [0.717, 1.165) is 79.6 Å². The Hall–Kier alpha value is -3.69. The summed E-state index contributed by atoms with van der Waals surface area (Å²) >= 11 is 0. The van der Waals surface area contributed by atoms with Gasteiger partial charge in [0.25, 0.3) is 11.5 Å². The highest BCUT2D eigenvalue weighted by Crippen LogP contribution is 2.34. The molecule has 9 heteroatoms. The van der Waals surface area contributed by atoms with Gasteiger partial charge in [-0.1, -0.05) is 6.07 Å². The number of rotatable bonds is 8. The number of nitrogens with zero attached hydrogens (tertiary/aromatic N) is 3. The number of carbonyl (C=O) groups is 1. The molecule has 2 aromatic heterocycles. The zero-order chi connectivity index (χ0) is 28.1. The highest BCUT2D eigenvalue weighted by atomic mass is 16.5. The van der Waals surface area contributed by atoms with Crippen LogP contribution in [0.3, 0.4) is 0 Å². The monoisotopic (exact) mass is 545 g/mol. The standard InChI is InChI=1S/C31H39N5O4/c1-4-36(26-9-13-39-14-10-26)28-18-25(23-7-8-29(32-19-23)35-11-15-40-16-12-35)17-27(22(28)3)31(38)33-20-24-6-5-21(2)34-30(24)37/h5-8,17-19,26H,4,9-16,20H2,1-3H3,(H,33,38)(H,34,37). The molecule has 212 valence electrons. The molecule has 0 aliphatic carbocycles. The third-order valence-corrected chi connectivity index (χ3v) is 7.90. The Morgan fingerprint density at radius 3 is 2.48 bits per heavy atom. The van der Waals surface area contributed by atoms with Crippen molar-refractivity contribution in [2.24, 2.45) is 0 Å². The minimum atomic E-state index is -0.207. The van der Waals surface area contributed by atoms with Crippen molar-refractivity contribution in [2.45, 2.75) is 46.2 Å². The Morgan fingerprint density at radius 2 is 1.80 bits per heavy atom. The minimum Gasteiger partial charge on any atom is -0.381 e. The average Bonchev–Trinajstić information content (AvgIpc) is 2.99. The summed E-state index contributed by atoms with van der Waals surface area (Å²) in [5, 5.41) is 2.98. The lowest BCUT2D eigenvalue weighted by atomic mass is 9.95. The first-order valence-electron chi connectivity index (χ1n) is 14.2. The first kappa shape index (κ1) is 27.9. The van der Waals surface area contributed by atoms with Crippen molar-refractivity contribution in [3.63, 3.8) is 0 Å². The Morgan fingerprint density at radius 1 is 1.05 bits per heavy atom. The van der Waals surface area contributed by atoms with Gasteiger partial charge >= 0.3 is 0 Å². The van der Waals surface area contributed by atoms with Crippen molar-refractivity contribution in [3.05, 3.63) is 75.3 Å². The number of hydrogen-bond acceptors (Lipinski definition) is 7. The molecular formula is C31H39N5O4. The summed E-state index contributed by atoms with van der Waals surface area (Å²) in [5.41, 5.74) is 5.57. The molecule has 0 unspecified atom stereocenters. The SMILES string of the molecule is CCN(c1cc(-c2ccc(N3CCOCC3)nc2)cc(C(=O)NCc2ccc(C)[nH]c2=O)c1C)C1CCOCC1. The average molecular weight is 546 g/mol. The van der Waals surface area contributed by atoms with Crippen molar-refractivity contribution >= 4 is 17.4 Å². The number of ether oxygens (including phenoxy) is 2. The summed E-state index contributed by atoms with van der Waals surface area (Å²) in [6.45, 7) is 11.5.